The zero-order chi connectivity index (χ0) is 21.5. The predicted octanol–water partition coefficient (Wildman–Crippen LogP) is 4.85. The highest BCUT2D eigenvalue weighted by molar-refractivity contribution is 7.86. The molecule has 0 saturated heterocycles. The Labute approximate surface area is 176 Å². The van der Waals surface area contributed by atoms with Gasteiger partial charge in [0.05, 0.1) is 18.7 Å². The first-order chi connectivity index (χ1) is 14.3. The number of fused-ring (bicyclic) bond motifs is 1. The highest BCUT2D eigenvalue weighted by Crippen LogP contribution is 2.46. The summed E-state index contributed by atoms with van der Waals surface area (Å²) in [6.07, 6.45) is -0.0177. The van der Waals surface area contributed by atoms with Gasteiger partial charge in [-0.3, -0.25) is 4.18 Å². The van der Waals surface area contributed by atoms with Crippen LogP contribution >= 0.6 is 0 Å². The first kappa shape index (κ1) is 20.1. The van der Waals surface area contributed by atoms with Crippen LogP contribution in [0.2, 0.25) is 0 Å². The van der Waals surface area contributed by atoms with E-state index in [2.05, 4.69) is 6.07 Å². The third-order valence-electron chi connectivity index (χ3n) is 5.40. The predicted molar refractivity (Wildman–Crippen MR) is 114 cm³/mol. The molecular formula is C24H21NO4S. The maximum absolute atomic E-state index is 12.5. The summed E-state index contributed by atoms with van der Waals surface area (Å²) in [6.45, 7) is 3.92. The van der Waals surface area contributed by atoms with Gasteiger partial charge in [-0.05, 0) is 43.2 Å². The van der Waals surface area contributed by atoms with Gasteiger partial charge >= 0.3 is 0 Å². The molecule has 1 aliphatic heterocycles. The van der Waals surface area contributed by atoms with Crippen molar-refractivity contribution in [3.63, 3.8) is 0 Å². The SMILES string of the molecule is COS(=O)(=O)c1ccc(C)cc1C1Cc2cc(C#N)cc(-c3ccccc3C)c2O1. The highest BCUT2D eigenvalue weighted by Gasteiger charge is 2.32. The fraction of sp³-hybridized carbons (Fsp3) is 0.208. The van der Waals surface area contributed by atoms with Gasteiger partial charge in [-0.1, -0.05) is 42.0 Å². The second-order valence-electron chi connectivity index (χ2n) is 7.41. The Morgan fingerprint density at radius 1 is 1.07 bits per heavy atom. The van der Waals surface area contributed by atoms with Crippen LogP contribution in [0.3, 0.4) is 0 Å². The smallest absolute Gasteiger partial charge is 0.297 e. The van der Waals surface area contributed by atoms with Crippen LogP contribution in [0.25, 0.3) is 11.1 Å². The Morgan fingerprint density at radius 3 is 2.53 bits per heavy atom. The second-order valence-corrected chi connectivity index (χ2v) is 9.09. The van der Waals surface area contributed by atoms with Gasteiger partial charge in [0, 0.05) is 23.1 Å². The van der Waals surface area contributed by atoms with E-state index in [1.54, 1.807) is 12.1 Å². The van der Waals surface area contributed by atoms with E-state index in [4.69, 9.17) is 8.92 Å². The Balaban J connectivity index is 1.86. The zero-order valence-electron chi connectivity index (χ0n) is 17.0. The number of nitrogens with zero attached hydrogens (tertiary/aromatic N) is 1. The van der Waals surface area contributed by atoms with Gasteiger partial charge in [0.1, 0.15) is 16.7 Å². The molecule has 1 unspecified atom stereocenters. The van der Waals surface area contributed by atoms with Crippen LogP contribution in [0.5, 0.6) is 5.75 Å². The average Bonchev–Trinajstić information content (AvgIpc) is 3.17. The molecule has 5 nitrogen and oxygen atoms in total. The molecule has 3 aromatic carbocycles. The molecule has 0 N–H and O–H groups in total. The van der Waals surface area contributed by atoms with Gasteiger partial charge in [-0.2, -0.15) is 13.7 Å². The van der Waals surface area contributed by atoms with E-state index in [0.717, 1.165) is 34.9 Å². The van der Waals surface area contributed by atoms with Gasteiger partial charge in [0.25, 0.3) is 10.1 Å². The molecule has 0 saturated carbocycles. The van der Waals surface area contributed by atoms with Crippen LogP contribution < -0.4 is 4.74 Å². The summed E-state index contributed by atoms with van der Waals surface area (Å²) in [6, 6.07) is 18.9. The van der Waals surface area contributed by atoms with Crippen molar-refractivity contribution in [1.82, 2.24) is 0 Å². The van der Waals surface area contributed by atoms with Gasteiger partial charge < -0.3 is 4.74 Å². The molecule has 1 heterocycles. The van der Waals surface area contributed by atoms with Crippen molar-refractivity contribution >= 4 is 10.1 Å². The number of ether oxygens (including phenoxy) is 1. The largest absolute Gasteiger partial charge is 0.484 e. The average molecular weight is 420 g/mol. The normalized spacial score (nSPS) is 15.3. The summed E-state index contributed by atoms with van der Waals surface area (Å²) in [5, 5.41) is 9.52. The number of rotatable bonds is 4. The number of aryl methyl sites for hydroxylation is 2. The first-order valence-electron chi connectivity index (χ1n) is 9.55. The molecule has 0 fully saturated rings. The maximum Gasteiger partial charge on any atom is 0.297 e. The summed E-state index contributed by atoms with van der Waals surface area (Å²) in [4.78, 5) is 0.103. The molecule has 0 aromatic heterocycles. The number of nitriles is 1. The summed E-state index contributed by atoms with van der Waals surface area (Å²) < 4.78 is 36.0. The molecule has 0 radical (unpaired) electrons. The molecule has 6 heteroatoms. The summed E-state index contributed by atoms with van der Waals surface area (Å²) >= 11 is 0. The molecule has 0 aliphatic carbocycles. The molecule has 30 heavy (non-hydrogen) atoms. The number of hydrogen-bond acceptors (Lipinski definition) is 5. The molecule has 1 aliphatic rings. The number of benzene rings is 3. The van der Waals surface area contributed by atoms with Crippen LogP contribution in [0.1, 0.15) is 33.9 Å². The Morgan fingerprint density at radius 2 is 1.83 bits per heavy atom. The monoisotopic (exact) mass is 419 g/mol. The van der Waals surface area contributed by atoms with E-state index >= 15 is 0 Å². The topological polar surface area (TPSA) is 76.4 Å². The Bertz CT molecular complexity index is 1290. The molecule has 1 atom stereocenters. The van der Waals surface area contributed by atoms with Gasteiger partial charge in [0.15, 0.2) is 0 Å². The fourth-order valence-electron chi connectivity index (χ4n) is 3.91. The second kappa shape index (κ2) is 7.60. The minimum atomic E-state index is -3.88. The lowest BCUT2D eigenvalue weighted by atomic mass is 9.94. The zero-order valence-corrected chi connectivity index (χ0v) is 17.8. The van der Waals surface area contributed by atoms with Crippen molar-refractivity contribution in [1.29, 1.82) is 5.26 Å². The molecular weight excluding hydrogens is 398 g/mol. The molecule has 152 valence electrons. The van der Waals surface area contributed by atoms with Crippen LogP contribution in [-0.4, -0.2) is 15.5 Å². The molecule has 0 amide bonds. The van der Waals surface area contributed by atoms with E-state index < -0.39 is 16.2 Å². The molecule has 3 aromatic rings. The van der Waals surface area contributed by atoms with Gasteiger partial charge in [-0.25, -0.2) is 0 Å². The van der Waals surface area contributed by atoms with E-state index in [-0.39, 0.29) is 4.90 Å². The van der Waals surface area contributed by atoms with Gasteiger partial charge in [-0.15, -0.1) is 0 Å². The lowest BCUT2D eigenvalue weighted by Gasteiger charge is -2.17. The third-order valence-corrected chi connectivity index (χ3v) is 6.75. The lowest BCUT2D eigenvalue weighted by Crippen LogP contribution is -2.12. The fourth-order valence-corrected chi connectivity index (χ4v) is 4.81. The van der Waals surface area contributed by atoms with E-state index in [1.165, 1.54) is 0 Å². The van der Waals surface area contributed by atoms with E-state index in [0.29, 0.717) is 23.3 Å². The van der Waals surface area contributed by atoms with E-state index in [9.17, 15) is 13.7 Å². The number of hydrogen-bond donors (Lipinski definition) is 0. The summed E-state index contributed by atoms with van der Waals surface area (Å²) in [7, 11) is -2.73. The van der Waals surface area contributed by atoms with Crippen molar-refractivity contribution in [2.45, 2.75) is 31.3 Å². The minimum Gasteiger partial charge on any atom is -0.484 e. The van der Waals surface area contributed by atoms with Gasteiger partial charge in [0.2, 0.25) is 0 Å². The van der Waals surface area contributed by atoms with Crippen molar-refractivity contribution in [2.75, 3.05) is 7.11 Å². The lowest BCUT2D eigenvalue weighted by molar-refractivity contribution is 0.235. The quantitative estimate of drug-likeness (QED) is 0.565. The Kier molecular flexibility index (Phi) is 5.10. The minimum absolute atomic E-state index is 0.103. The molecule has 0 bridgehead atoms. The Hall–Kier alpha value is -3.14. The van der Waals surface area contributed by atoms with Crippen LogP contribution in [0, 0.1) is 25.2 Å². The van der Waals surface area contributed by atoms with Crippen LogP contribution in [-0.2, 0) is 20.7 Å². The van der Waals surface area contributed by atoms with Crippen molar-refractivity contribution in [2.24, 2.45) is 0 Å². The third kappa shape index (κ3) is 3.47. The van der Waals surface area contributed by atoms with Crippen LogP contribution in [0.4, 0.5) is 0 Å². The first-order valence-corrected chi connectivity index (χ1v) is 11.0. The van der Waals surface area contributed by atoms with E-state index in [1.807, 2.05) is 56.3 Å². The van der Waals surface area contributed by atoms with Crippen molar-refractivity contribution in [3.05, 3.63) is 82.4 Å². The summed E-state index contributed by atoms with van der Waals surface area (Å²) in [5.41, 5.74) is 5.82. The standard InChI is InChI=1S/C24H21NO4S/c1-15-8-9-23(30(26,27)28-3)21(10-15)22-13-18-11-17(14-25)12-20(24(18)29-22)19-7-5-4-6-16(19)2/h4-12,22H,13H2,1-3H3. The maximum atomic E-state index is 12.5. The summed E-state index contributed by atoms with van der Waals surface area (Å²) in [5.74, 6) is 0.690. The molecule has 4 rings (SSSR count). The highest BCUT2D eigenvalue weighted by atomic mass is 32.2. The molecule has 0 spiro atoms. The van der Waals surface area contributed by atoms with Crippen molar-refractivity contribution in [3.8, 4) is 22.9 Å². The van der Waals surface area contributed by atoms with Crippen LogP contribution in [0.15, 0.2) is 59.5 Å². The van der Waals surface area contributed by atoms with Crippen molar-refractivity contribution < 1.29 is 17.3 Å².